The fourth-order valence-corrected chi connectivity index (χ4v) is 4.17. The van der Waals surface area contributed by atoms with E-state index in [2.05, 4.69) is 10.9 Å². The molecule has 0 aromatic heterocycles. The Hall–Kier alpha value is -3.36. The Bertz CT molecular complexity index is 1440. The van der Waals surface area contributed by atoms with E-state index in [0.29, 0.717) is 53.2 Å². The molecule has 0 spiro atoms. The molecule has 39 heavy (non-hydrogen) atoms. The van der Waals surface area contributed by atoms with Gasteiger partial charge in [0.1, 0.15) is 17.2 Å². The number of rotatable bonds is 12. The molecule has 0 heterocycles. The van der Waals surface area contributed by atoms with Gasteiger partial charge in [0.2, 0.25) is 0 Å². The standard InChI is InChI=1S/C30H28Cl2F2N2O3/c1-19-3-4-20(29(15-19)38-27-9-6-22(31)16-25(27)33)11-13-35-36-14-12-21-5-8-24(37-2)18-30(21)39-28-10-7-23(32)17-26(28)34/h3-10,15-18,35-36H,11-14H2,1-2H3. The Morgan fingerprint density at radius 2 is 1.15 bits per heavy atom. The van der Waals surface area contributed by atoms with Gasteiger partial charge in [-0.3, -0.25) is 10.9 Å². The molecule has 9 heteroatoms. The minimum absolute atomic E-state index is 0.0783. The quantitative estimate of drug-likeness (QED) is 0.133. The summed E-state index contributed by atoms with van der Waals surface area (Å²) in [6.07, 6.45) is 1.25. The van der Waals surface area contributed by atoms with Crippen LogP contribution in [0.1, 0.15) is 16.7 Å². The van der Waals surface area contributed by atoms with Crippen LogP contribution < -0.4 is 25.1 Å². The van der Waals surface area contributed by atoms with E-state index >= 15 is 0 Å². The summed E-state index contributed by atoms with van der Waals surface area (Å²) in [4.78, 5) is 0. The van der Waals surface area contributed by atoms with E-state index in [1.54, 1.807) is 25.3 Å². The molecule has 0 fully saturated rings. The maximum Gasteiger partial charge on any atom is 0.167 e. The minimum Gasteiger partial charge on any atom is -0.497 e. The van der Waals surface area contributed by atoms with Gasteiger partial charge in [-0.1, -0.05) is 41.4 Å². The molecular formula is C30H28Cl2F2N2O3. The number of aryl methyl sites for hydroxylation is 1. The van der Waals surface area contributed by atoms with Crippen LogP contribution in [0.2, 0.25) is 10.0 Å². The number of nitrogens with one attached hydrogen (secondary N) is 2. The zero-order valence-corrected chi connectivity index (χ0v) is 23.0. The third-order valence-corrected chi connectivity index (χ3v) is 6.36. The van der Waals surface area contributed by atoms with E-state index in [1.165, 1.54) is 24.3 Å². The molecule has 5 nitrogen and oxygen atoms in total. The number of hydrazine groups is 1. The predicted octanol–water partition coefficient (Wildman–Crippen LogP) is 8.05. The van der Waals surface area contributed by atoms with Gasteiger partial charge < -0.3 is 14.2 Å². The summed E-state index contributed by atoms with van der Waals surface area (Å²) in [6.45, 7) is 3.14. The molecular weight excluding hydrogens is 545 g/mol. The molecule has 0 saturated carbocycles. The van der Waals surface area contributed by atoms with Gasteiger partial charge in [-0.15, -0.1) is 0 Å². The van der Waals surface area contributed by atoms with Crippen LogP contribution in [0.4, 0.5) is 8.78 Å². The first-order valence-electron chi connectivity index (χ1n) is 12.3. The smallest absolute Gasteiger partial charge is 0.167 e. The lowest BCUT2D eigenvalue weighted by Crippen LogP contribution is -2.35. The largest absolute Gasteiger partial charge is 0.497 e. The number of benzene rings is 4. The summed E-state index contributed by atoms with van der Waals surface area (Å²) < 4.78 is 45.6. The Balaban J connectivity index is 1.32. The highest BCUT2D eigenvalue weighted by Crippen LogP contribution is 2.33. The lowest BCUT2D eigenvalue weighted by molar-refractivity contribution is 0.403. The van der Waals surface area contributed by atoms with Gasteiger partial charge in [0.05, 0.1) is 7.11 Å². The van der Waals surface area contributed by atoms with Crippen LogP contribution >= 0.6 is 23.2 Å². The minimum atomic E-state index is -0.547. The van der Waals surface area contributed by atoms with Gasteiger partial charge in [0.25, 0.3) is 0 Å². The van der Waals surface area contributed by atoms with Crippen molar-refractivity contribution < 1.29 is 23.0 Å². The highest BCUT2D eigenvalue weighted by Gasteiger charge is 2.12. The normalized spacial score (nSPS) is 10.9. The highest BCUT2D eigenvalue weighted by molar-refractivity contribution is 6.30. The van der Waals surface area contributed by atoms with Crippen LogP contribution in [0.15, 0.2) is 72.8 Å². The fourth-order valence-electron chi connectivity index (χ4n) is 3.85. The van der Waals surface area contributed by atoms with Crippen molar-refractivity contribution in [2.75, 3.05) is 20.2 Å². The Morgan fingerprint density at radius 1 is 0.641 bits per heavy atom. The molecule has 0 aliphatic heterocycles. The first-order chi connectivity index (χ1) is 18.8. The Morgan fingerprint density at radius 3 is 1.67 bits per heavy atom. The second-order valence-corrected chi connectivity index (χ2v) is 9.66. The van der Waals surface area contributed by atoms with Crippen molar-refractivity contribution in [3.8, 4) is 28.7 Å². The molecule has 204 valence electrons. The molecule has 4 aromatic carbocycles. The molecule has 4 aromatic rings. The zero-order valence-electron chi connectivity index (χ0n) is 21.5. The maximum atomic E-state index is 14.3. The number of halogens is 4. The van der Waals surface area contributed by atoms with Crippen LogP contribution in [0.5, 0.6) is 28.7 Å². The number of hydrogen-bond donors (Lipinski definition) is 2. The average molecular weight is 573 g/mol. The molecule has 0 bridgehead atoms. The first kappa shape index (κ1) is 28.6. The van der Waals surface area contributed by atoms with Gasteiger partial charge >= 0.3 is 0 Å². The second-order valence-electron chi connectivity index (χ2n) is 8.79. The summed E-state index contributed by atoms with van der Waals surface area (Å²) >= 11 is 11.7. The van der Waals surface area contributed by atoms with Crippen molar-refractivity contribution in [1.29, 1.82) is 0 Å². The molecule has 0 atom stereocenters. The molecule has 0 amide bonds. The lowest BCUT2D eigenvalue weighted by Gasteiger charge is -2.15. The van der Waals surface area contributed by atoms with Crippen LogP contribution in [-0.4, -0.2) is 20.2 Å². The van der Waals surface area contributed by atoms with Crippen molar-refractivity contribution in [2.24, 2.45) is 0 Å². The SMILES string of the molecule is COc1ccc(CCNNCCc2ccc(C)cc2Oc2ccc(Cl)cc2F)c(Oc2ccc(Cl)cc2F)c1. The molecule has 0 unspecified atom stereocenters. The van der Waals surface area contributed by atoms with Crippen LogP contribution in [0.25, 0.3) is 0 Å². The van der Waals surface area contributed by atoms with Crippen molar-refractivity contribution in [1.82, 2.24) is 10.9 Å². The first-order valence-corrected chi connectivity index (χ1v) is 13.1. The van der Waals surface area contributed by atoms with Gasteiger partial charge in [-0.25, -0.2) is 8.78 Å². The maximum absolute atomic E-state index is 14.3. The van der Waals surface area contributed by atoms with Crippen LogP contribution in [0.3, 0.4) is 0 Å². The van der Waals surface area contributed by atoms with E-state index in [1.807, 2.05) is 37.3 Å². The van der Waals surface area contributed by atoms with E-state index in [4.69, 9.17) is 37.4 Å². The third kappa shape index (κ3) is 8.07. The molecule has 0 saturated heterocycles. The summed E-state index contributed by atoms with van der Waals surface area (Å²) in [5.74, 6) is 0.817. The van der Waals surface area contributed by atoms with Gasteiger partial charge in [0.15, 0.2) is 23.1 Å². The van der Waals surface area contributed by atoms with Crippen molar-refractivity contribution in [3.63, 3.8) is 0 Å². The van der Waals surface area contributed by atoms with Crippen molar-refractivity contribution in [3.05, 3.63) is 111 Å². The third-order valence-electron chi connectivity index (χ3n) is 5.89. The van der Waals surface area contributed by atoms with Gasteiger partial charge in [-0.2, -0.15) is 0 Å². The van der Waals surface area contributed by atoms with Crippen LogP contribution in [-0.2, 0) is 12.8 Å². The molecule has 2 N–H and O–H groups in total. The lowest BCUT2D eigenvalue weighted by atomic mass is 10.1. The summed E-state index contributed by atoms with van der Waals surface area (Å²) in [6, 6.07) is 19.9. The van der Waals surface area contributed by atoms with E-state index in [0.717, 1.165) is 16.7 Å². The molecule has 0 radical (unpaired) electrons. The number of methoxy groups -OCH3 is 1. The van der Waals surface area contributed by atoms with Gasteiger partial charge in [0, 0.05) is 29.2 Å². The Kier molecular flexibility index (Phi) is 10.0. The predicted molar refractivity (Wildman–Crippen MR) is 151 cm³/mol. The van der Waals surface area contributed by atoms with Crippen molar-refractivity contribution in [2.45, 2.75) is 19.8 Å². The average Bonchev–Trinajstić information content (AvgIpc) is 2.91. The summed E-state index contributed by atoms with van der Waals surface area (Å²) in [5.41, 5.74) is 9.20. The summed E-state index contributed by atoms with van der Waals surface area (Å²) in [5, 5.41) is 0.604. The van der Waals surface area contributed by atoms with E-state index < -0.39 is 11.6 Å². The molecule has 4 rings (SSSR count). The monoisotopic (exact) mass is 572 g/mol. The second kappa shape index (κ2) is 13.6. The van der Waals surface area contributed by atoms with E-state index in [9.17, 15) is 8.78 Å². The topological polar surface area (TPSA) is 51.8 Å². The van der Waals surface area contributed by atoms with E-state index in [-0.39, 0.29) is 11.5 Å². The van der Waals surface area contributed by atoms with Crippen molar-refractivity contribution >= 4 is 23.2 Å². The Labute approximate surface area is 236 Å². The zero-order chi connectivity index (χ0) is 27.8. The highest BCUT2D eigenvalue weighted by atomic mass is 35.5. The fraction of sp³-hybridized carbons (Fsp3) is 0.200. The molecule has 0 aliphatic carbocycles. The molecule has 0 aliphatic rings. The van der Waals surface area contributed by atoms with Gasteiger partial charge in [-0.05, 0) is 85.0 Å². The number of hydrogen-bond acceptors (Lipinski definition) is 5. The number of ether oxygens (including phenoxy) is 3. The summed E-state index contributed by atoms with van der Waals surface area (Å²) in [7, 11) is 1.56. The van der Waals surface area contributed by atoms with Crippen LogP contribution in [0, 0.1) is 18.6 Å².